The second-order valence-electron chi connectivity index (χ2n) is 5.10. The summed E-state index contributed by atoms with van der Waals surface area (Å²) in [5.41, 5.74) is 2.74. The predicted molar refractivity (Wildman–Crippen MR) is 71.9 cm³/mol. The minimum Gasteiger partial charge on any atom is -0.381 e. The summed E-state index contributed by atoms with van der Waals surface area (Å²) in [7, 11) is 0. The molecule has 1 aliphatic carbocycles. The van der Waals surface area contributed by atoms with E-state index < -0.39 is 5.60 Å². The molecule has 0 spiro atoms. The molecule has 1 heteroatoms. The number of aryl methyl sites for hydroxylation is 1. The standard InChI is InChI=1S/C16H22O/c1-3-13-9-11-15(12-10-13)16(2,17)14-7-5-4-6-8-14/h7,9-12,17H,3-6,8H2,1-2H3. The monoisotopic (exact) mass is 230 g/mol. The van der Waals surface area contributed by atoms with Gasteiger partial charge < -0.3 is 5.11 Å². The predicted octanol–water partition coefficient (Wildman–Crippen LogP) is 3.96. The molecule has 1 nitrogen and oxygen atoms in total. The highest BCUT2D eigenvalue weighted by Crippen LogP contribution is 2.35. The molecule has 2 rings (SSSR count). The Balaban J connectivity index is 2.26. The van der Waals surface area contributed by atoms with E-state index in [2.05, 4.69) is 37.3 Å². The lowest BCUT2D eigenvalue weighted by Crippen LogP contribution is -2.25. The van der Waals surface area contributed by atoms with Crippen molar-refractivity contribution >= 4 is 0 Å². The van der Waals surface area contributed by atoms with Crippen LogP contribution in [0.2, 0.25) is 0 Å². The van der Waals surface area contributed by atoms with Gasteiger partial charge in [0, 0.05) is 0 Å². The molecule has 0 saturated carbocycles. The van der Waals surface area contributed by atoms with Crippen LogP contribution in [0, 0.1) is 0 Å². The number of hydrogen-bond acceptors (Lipinski definition) is 1. The van der Waals surface area contributed by atoms with Gasteiger partial charge in [-0.3, -0.25) is 0 Å². The van der Waals surface area contributed by atoms with Crippen LogP contribution in [0.4, 0.5) is 0 Å². The highest BCUT2D eigenvalue weighted by molar-refractivity contribution is 5.34. The van der Waals surface area contributed by atoms with Crippen LogP contribution in [-0.4, -0.2) is 5.11 Å². The first-order valence-corrected chi connectivity index (χ1v) is 6.66. The maximum absolute atomic E-state index is 10.7. The number of allylic oxidation sites excluding steroid dienone is 1. The minimum absolute atomic E-state index is 0.785. The average molecular weight is 230 g/mol. The third-order valence-electron chi connectivity index (χ3n) is 3.84. The van der Waals surface area contributed by atoms with E-state index in [-0.39, 0.29) is 0 Å². The van der Waals surface area contributed by atoms with Gasteiger partial charge in [0.15, 0.2) is 0 Å². The first-order chi connectivity index (χ1) is 8.14. The molecule has 1 aliphatic rings. The highest BCUT2D eigenvalue weighted by atomic mass is 16.3. The maximum Gasteiger partial charge on any atom is 0.108 e. The van der Waals surface area contributed by atoms with Gasteiger partial charge in [0.05, 0.1) is 0 Å². The van der Waals surface area contributed by atoms with E-state index >= 15 is 0 Å². The number of aliphatic hydroxyl groups is 1. The summed E-state index contributed by atoms with van der Waals surface area (Å²) in [6.07, 6.45) is 7.87. The van der Waals surface area contributed by atoms with Gasteiger partial charge in [0.1, 0.15) is 5.60 Å². The lowest BCUT2D eigenvalue weighted by Gasteiger charge is -2.29. The molecule has 0 bridgehead atoms. The molecule has 1 aromatic rings. The van der Waals surface area contributed by atoms with Crippen molar-refractivity contribution in [2.75, 3.05) is 0 Å². The van der Waals surface area contributed by atoms with Crippen LogP contribution in [0.5, 0.6) is 0 Å². The van der Waals surface area contributed by atoms with Crippen molar-refractivity contribution in [1.29, 1.82) is 0 Å². The Hall–Kier alpha value is -1.08. The zero-order chi connectivity index (χ0) is 12.3. The molecule has 0 aliphatic heterocycles. The van der Waals surface area contributed by atoms with Crippen LogP contribution in [-0.2, 0) is 12.0 Å². The van der Waals surface area contributed by atoms with Crippen LogP contribution >= 0.6 is 0 Å². The summed E-state index contributed by atoms with van der Waals surface area (Å²) < 4.78 is 0. The molecule has 17 heavy (non-hydrogen) atoms. The van der Waals surface area contributed by atoms with Crippen LogP contribution in [0.3, 0.4) is 0 Å². The summed E-state index contributed by atoms with van der Waals surface area (Å²) in [5, 5.41) is 10.7. The van der Waals surface area contributed by atoms with E-state index in [1.54, 1.807) is 0 Å². The molecule has 0 heterocycles. The fourth-order valence-corrected chi connectivity index (χ4v) is 2.53. The smallest absolute Gasteiger partial charge is 0.108 e. The summed E-state index contributed by atoms with van der Waals surface area (Å²) in [6.45, 7) is 4.07. The fourth-order valence-electron chi connectivity index (χ4n) is 2.53. The quantitative estimate of drug-likeness (QED) is 0.779. The van der Waals surface area contributed by atoms with Crippen molar-refractivity contribution < 1.29 is 5.11 Å². The zero-order valence-electron chi connectivity index (χ0n) is 10.9. The van der Waals surface area contributed by atoms with Gasteiger partial charge in [-0.05, 0) is 55.7 Å². The van der Waals surface area contributed by atoms with Gasteiger partial charge >= 0.3 is 0 Å². The average Bonchev–Trinajstić information content (AvgIpc) is 2.40. The Kier molecular flexibility index (Phi) is 3.68. The Morgan fingerprint density at radius 1 is 1.18 bits per heavy atom. The molecule has 0 saturated heterocycles. The van der Waals surface area contributed by atoms with Crippen LogP contribution in [0.1, 0.15) is 50.7 Å². The van der Waals surface area contributed by atoms with Gasteiger partial charge in [-0.25, -0.2) is 0 Å². The first kappa shape index (κ1) is 12.4. The third-order valence-corrected chi connectivity index (χ3v) is 3.84. The van der Waals surface area contributed by atoms with Gasteiger partial charge in [-0.1, -0.05) is 37.3 Å². The Bertz CT molecular complexity index is 398. The van der Waals surface area contributed by atoms with Crippen LogP contribution < -0.4 is 0 Å². The van der Waals surface area contributed by atoms with Gasteiger partial charge in [0.2, 0.25) is 0 Å². The molecule has 1 unspecified atom stereocenters. The lowest BCUT2D eigenvalue weighted by molar-refractivity contribution is 0.0915. The van der Waals surface area contributed by atoms with Gasteiger partial charge in [0.25, 0.3) is 0 Å². The van der Waals surface area contributed by atoms with E-state index in [4.69, 9.17) is 0 Å². The second-order valence-corrected chi connectivity index (χ2v) is 5.10. The summed E-state index contributed by atoms with van der Waals surface area (Å²) in [4.78, 5) is 0. The fraction of sp³-hybridized carbons (Fsp3) is 0.500. The van der Waals surface area contributed by atoms with Crippen molar-refractivity contribution in [3.63, 3.8) is 0 Å². The maximum atomic E-state index is 10.7. The summed E-state index contributed by atoms with van der Waals surface area (Å²) >= 11 is 0. The number of rotatable bonds is 3. The lowest BCUT2D eigenvalue weighted by atomic mass is 9.82. The first-order valence-electron chi connectivity index (χ1n) is 6.66. The summed E-state index contributed by atoms with van der Waals surface area (Å²) in [6, 6.07) is 8.36. The number of benzene rings is 1. The largest absolute Gasteiger partial charge is 0.381 e. The zero-order valence-corrected chi connectivity index (χ0v) is 10.9. The Morgan fingerprint density at radius 3 is 2.41 bits per heavy atom. The molecule has 1 aromatic carbocycles. The minimum atomic E-state index is -0.785. The van der Waals surface area contributed by atoms with E-state index in [0.717, 1.165) is 24.8 Å². The molecule has 0 fully saturated rings. The topological polar surface area (TPSA) is 20.2 Å². The van der Waals surface area contributed by atoms with E-state index in [0.29, 0.717) is 0 Å². The van der Waals surface area contributed by atoms with Gasteiger partial charge in [-0.15, -0.1) is 0 Å². The Morgan fingerprint density at radius 2 is 1.88 bits per heavy atom. The molecule has 1 atom stereocenters. The molecular formula is C16H22O. The number of hydrogen-bond donors (Lipinski definition) is 1. The molecule has 0 radical (unpaired) electrons. The van der Waals surface area contributed by atoms with Crippen molar-refractivity contribution in [1.82, 2.24) is 0 Å². The molecule has 1 N–H and O–H groups in total. The van der Waals surface area contributed by atoms with Crippen molar-refractivity contribution in [3.8, 4) is 0 Å². The SMILES string of the molecule is CCc1ccc(C(C)(O)C2=CCCCC2)cc1. The van der Waals surface area contributed by atoms with Crippen LogP contribution in [0.25, 0.3) is 0 Å². The molecular weight excluding hydrogens is 208 g/mol. The molecule has 92 valence electrons. The highest BCUT2D eigenvalue weighted by Gasteiger charge is 2.28. The summed E-state index contributed by atoms with van der Waals surface area (Å²) in [5.74, 6) is 0. The van der Waals surface area contributed by atoms with E-state index in [1.165, 1.54) is 24.0 Å². The molecule has 0 aromatic heterocycles. The van der Waals surface area contributed by atoms with E-state index in [1.807, 2.05) is 6.92 Å². The van der Waals surface area contributed by atoms with Crippen molar-refractivity contribution in [3.05, 3.63) is 47.0 Å². The normalized spacial score (nSPS) is 19.6. The van der Waals surface area contributed by atoms with Gasteiger partial charge in [-0.2, -0.15) is 0 Å². The third kappa shape index (κ3) is 2.61. The van der Waals surface area contributed by atoms with Crippen molar-refractivity contribution in [2.45, 2.75) is 51.6 Å². The second kappa shape index (κ2) is 5.05. The van der Waals surface area contributed by atoms with Crippen molar-refractivity contribution in [2.24, 2.45) is 0 Å². The van der Waals surface area contributed by atoms with Crippen LogP contribution in [0.15, 0.2) is 35.9 Å². The molecule has 0 amide bonds. The Labute approximate surface area is 104 Å². The van der Waals surface area contributed by atoms with E-state index in [9.17, 15) is 5.11 Å².